The number of rotatable bonds is 5. The first-order valence-corrected chi connectivity index (χ1v) is 9.42. The minimum Gasteiger partial charge on any atom is -0.459 e. The maximum atomic E-state index is 12.3. The van der Waals surface area contributed by atoms with Gasteiger partial charge in [-0.1, -0.05) is 30.3 Å². The molecule has 1 fully saturated rings. The SMILES string of the molecule is O=C(NCc1ccccc1)c1cnc(N2CCN(C(=O)c3ccco3)CC2)cn1. The van der Waals surface area contributed by atoms with Crippen LogP contribution in [-0.2, 0) is 6.54 Å². The van der Waals surface area contributed by atoms with E-state index in [1.807, 2.05) is 35.2 Å². The van der Waals surface area contributed by atoms with Crippen LogP contribution in [0.4, 0.5) is 5.82 Å². The lowest BCUT2D eigenvalue weighted by molar-refractivity contribution is 0.0714. The topological polar surface area (TPSA) is 91.6 Å². The lowest BCUT2D eigenvalue weighted by Gasteiger charge is -2.34. The lowest BCUT2D eigenvalue weighted by Crippen LogP contribution is -2.49. The molecule has 1 saturated heterocycles. The van der Waals surface area contributed by atoms with E-state index in [0.717, 1.165) is 5.56 Å². The Kier molecular flexibility index (Phi) is 5.51. The minimum atomic E-state index is -0.262. The summed E-state index contributed by atoms with van der Waals surface area (Å²) in [7, 11) is 0. The van der Waals surface area contributed by atoms with Crippen molar-refractivity contribution in [3.05, 3.63) is 78.1 Å². The first kappa shape index (κ1) is 18.7. The van der Waals surface area contributed by atoms with E-state index in [-0.39, 0.29) is 17.5 Å². The molecule has 2 aromatic heterocycles. The number of anilines is 1. The summed E-state index contributed by atoms with van der Waals surface area (Å²) < 4.78 is 5.18. The molecule has 0 saturated carbocycles. The Bertz CT molecular complexity index is 950. The van der Waals surface area contributed by atoms with Crippen LogP contribution in [0.25, 0.3) is 0 Å². The Morgan fingerprint density at radius 2 is 1.76 bits per heavy atom. The van der Waals surface area contributed by atoms with Crippen molar-refractivity contribution in [1.82, 2.24) is 20.2 Å². The van der Waals surface area contributed by atoms with E-state index < -0.39 is 0 Å². The van der Waals surface area contributed by atoms with Gasteiger partial charge in [-0.15, -0.1) is 0 Å². The second kappa shape index (κ2) is 8.55. The molecule has 0 radical (unpaired) electrons. The number of aromatic nitrogens is 2. The van der Waals surface area contributed by atoms with Gasteiger partial charge in [-0.25, -0.2) is 9.97 Å². The van der Waals surface area contributed by atoms with Crippen molar-refractivity contribution in [1.29, 1.82) is 0 Å². The highest BCUT2D eigenvalue weighted by molar-refractivity contribution is 5.92. The first-order chi connectivity index (χ1) is 14.2. The third kappa shape index (κ3) is 4.43. The van der Waals surface area contributed by atoms with E-state index >= 15 is 0 Å². The molecule has 0 aliphatic carbocycles. The number of furan rings is 1. The Hall–Kier alpha value is -3.68. The molecule has 3 aromatic rings. The molecule has 0 spiro atoms. The Morgan fingerprint density at radius 1 is 0.966 bits per heavy atom. The molecule has 1 aromatic carbocycles. The fourth-order valence-corrected chi connectivity index (χ4v) is 3.17. The molecular formula is C21H21N5O3. The molecule has 0 bridgehead atoms. The average Bonchev–Trinajstić information content (AvgIpc) is 3.33. The van der Waals surface area contributed by atoms with Crippen LogP contribution >= 0.6 is 0 Å². The van der Waals surface area contributed by atoms with Crippen LogP contribution < -0.4 is 10.2 Å². The van der Waals surface area contributed by atoms with Crippen molar-refractivity contribution >= 4 is 17.6 Å². The summed E-state index contributed by atoms with van der Waals surface area (Å²) in [5, 5.41) is 2.84. The highest BCUT2D eigenvalue weighted by Gasteiger charge is 2.24. The van der Waals surface area contributed by atoms with Gasteiger partial charge in [0.15, 0.2) is 5.76 Å². The predicted octanol–water partition coefficient (Wildman–Crippen LogP) is 1.96. The van der Waals surface area contributed by atoms with Gasteiger partial charge in [0.1, 0.15) is 11.5 Å². The first-order valence-electron chi connectivity index (χ1n) is 9.42. The summed E-state index contributed by atoms with van der Waals surface area (Å²) in [6, 6.07) is 13.1. The third-order valence-corrected chi connectivity index (χ3v) is 4.79. The van der Waals surface area contributed by atoms with Gasteiger partial charge < -0.3 is 19.5 Å². The number of amides is 2. The summed E-state index contributed by atoms with van der Waals surface area (Å²) >= 11 is 0. The van der Waals surface area contributed by atoms with Gasteiger partial charge in [0.05, 0.1) is 18.7 Å². The molecule has 2 amide bonds. The quantitative estimate of drug-likeness (QED) is 0.715. The van der Waals surface area contributed by atoms with Crippen molar-refractivity contribution in [3.63, 3.8) is 0 Å². The molecule has 1 aliphatic rings. The van der Waals surface area contributed by atoms with Crippen molar-refractivity contribution in [2.24, 2.45) is 0 Å². The average molecular weight is 391 g/mol. The fourth-order valence-electron chi connectivity index (χ4n) is 3.17. The van der Waals surface area contributed by atoms with E-state index in [9.17, 15) is 9.59 Å². The van der Waals surface area contributed by atoms with Crippen LogP contribution in [0.2, 0.25) is 0 Å². The summed E-state index contributed by atoms with van der Waals surface area (Å²) in [6.07, 6.45) is 4.58. The number of nitrogens with one attached hydrogen (secondary N) is 1. The lowest BCUT2D eigenvalue weighted by atomic mass is 10.2. The highest BCUT2D eigenvalue weighted by Crippen LogP contribution is 2.15. The molecule has 0 unspecified atom stereocenters. The second-order valence-electron chi connectivity index (χ2n) is 6.68. The molecule has 148 valence electrons. The van der Waals surface area contributed by atoms with Crippen molar-refractivity contribution < 1.29 is 14.0 Å². The van der Waals surface area contributed by atoms with Crippen LogP contribution in [0, 0.1) is 0 Å². The zero-order valence-corrected chi connectivity index (χ0v) is 15.8. The monoisotopic (exact) mass is 391 g/mol. The van der Waals surface area contributed by atoms with Crippen LogP contribution in [0.3, 0.4) is 0 Å². The number of hydrogen-bond acceptors (Lipinski definition) is 6. The van der Waals surface area contributed by atoms with E-state index in [4.69, 9.17) is 4.42 Å². The predicted molar refractivity (Wildman–Crippen MR) is 106 cm³/mol. The Morgan fingerprint density at radius 3 is 2.41 bits per heavy atom. The molecule has 1 N–H and O–H groups in total. The van der Waals surface area contributed by atoms with Crippen molar-refractivity contribution in [2.75, 3.05) is 31.1 Å². The normalized spacial score (nSPS) is 13.9. The van der Waals surface area contributed by atoms with Gasteiger partial charge in [-0.2, -0.15) is 0 Å². The van der Waals surface area contributed by atoms with Crippen molar-refractivity contribution in [2.45, 2.75) is 6.54 Å². The summed E-state index contributed by atoms with van der Waals surface area (Å²) in [6.45, 7) is 2.86. The van der Waals surface area contributed by atoms with E-state index in [1.165, 1.54) is 12.5 Å². The number of nitrogens with zero attached hydrogens (tertiary/aromatic N) is 4. The number of benzene rings is 1. The summed E-state index contributed by atoms with van der Waals surface area (Å²) in [4.78, 5) is 37.0. The number of carbonyl (C=O) groups excluding carboxylic acids is 2. The van der Waals surface area contributed by atoms with Gasteiger partial charge in [0, 0.05) is 32.7 Å². The molecular weight excluding hydrogens is 370 g/mol. The smallest absolute Gasteiger partial charge is 0.289 e. The highest BCUT2D eigenvalue weighted by atomic mass is 16.3. The zero-order valence-electron chi connectivity index (χ0n) is 15.8. The van der Waals surface area contributed by atoms with Gasteiger partial charge in [-0.3, -0.25) is 9.59 Å². The maximum Gasteiger partial charge on any atom is 0.289 e. The molecule has 1 aliphatic heterocycles. The standard InChI is InChI=1S/C21H21N5O3/c27-20(24-13-16-5-2-1-3-6-16)17-14-23-19(15-22-17)25-8-10-26(11-9-25)21(28)18-7-4-12-29-18/h1-7,12,14-15H,8-11,13H2,(H,24,27). The van der Waals surface area contributed by atoms with E-state index in [2.05, 4.69) is 15.3 Å². The fraction of sp³-hybridized carbons (Fsp3) is 0.238. The molecule has 0 atom stereocenters. The minimum absolute atomic E-state index is 0.105. The largest absolute Gasteiger partial charge is 0.459 e. The number of carbonyl (C=O) groups is 2. The molecule has 8 nitrogen and oxygen atoms in total. The molecule has 8 heteroatoms. The summed E-state index contributed by atoms with van der Waals surface area (Å²) in [5.41, 5.74) is 1.30. The third-order valence-electron chi connectivity index (χ3n) is 4.79. The second-order valence-corrected chi connectivity index (χ2v) is 6.68. The zero-order chi connectivity index (χ0) is 20.1. The van der Waals surface area contributed by atoms with Crippen LogP contribution in [0.1, 0.15) is 26.6 Å². The van der Waals surface area contributed by atoms with Crippen LogP contribution in [-0.4, -0.2) is 52.9 Å². The number of hydrogen-bond donors (Lipinski definition) is 1. The Labute approximate surface area is 168 Å². The van der Waals surface area contributed by atoms with Gasteiger partial charge >= 0.3 is 0 Å². The summed E-state index contributed by atoms with van der Waals surface area (Å²) in [5.74, 6) is 0.673. The van der Waals surface area contributed by atoms with Crippen LogP contribution in [0.5, 0.6) is 0 Å². The van der Waals surface area contributed by atoms with Crippen molar-refractivity contribution in [3.8, 4) is 0 Å². The van der Waals surface area contributed by atoms with E-state index in [1.54, 1.807) is 23.2 Å². The molecule has 3 heterocycles. The van der Waals surface area contributed by atoms with Crippen LogP contribution in [0.15, 0.2) is 65.5 Å². The Balaban J connectivity index is 1.30. The van der Waals surface area contributed by atoms with Gasteiger partial charge in [-0.05, 0) is 17.7 Å². The molecule has 29 heavy (non-hydrogen) atoms. The van der Waals surface area contributed by atoms with E-state index in [0.29, 0.717) is 44.3 Å². The van der Waals surface area contributed by atoms with Gasteiger partial charge in [0.25, 0.3) is 11.8 Å². The molecule has 4 rings (SSSR count). The number of piperazine rings is 1. The maximum absolute atomic E-state index is 12.3. The van der Waals surface area contributed by atoms with Gasteiger partial charge in [0.2, 0.25) is 0 Å².